The van der Waals surface area contributed by atoms with E-state index in [1.165, 1.54) is 13.5 Å². The predicted octanol–water partition coefficient (Wildman–Crippen LogP) is 3.61. The number of rotatable bonds is 5. The zero-order valence-electron chi connectivity index (χ0n) is 15.3. The number of hydrogen-bond acceptors (Lipinski definition) is 7. The van der Waals surface area contributed by atoms with Crippen LogP contribution in [-0.2, 0) is 11.3 Å². The van der Waals surface area contributed by atoms with Gasteiger partial charge in [-0.15, -0.1) is 0 Å². The average molecular weight is 366 g/mol. The summed E-state index contributed by atoms with van der Waals surface area (Å²) in [4.78, 5) is 23.5. The Morgan fingerprint density at radius 1 is 1.11 bits per heavy atom. The maximum absolute atomic E-state index is 11.5. The molecule has 0 spiro atoms. The summed E-state index contributed by atoms with van der Waals surface area (Å²) in [5.74, 6) is 1.94. The first-order chi connectivity index (χ1) is 13.2. The molecule has 2 aromatic heterocycles. The maximum Gasteiger partial charge on any atom is 0.373 e. The smallest absolute Gasteiger partial charge is 0.373 e. The van der Waals surface area contributed by atoms with Crippen LogP contribution < -0.4 is 10.2 Å². The van der Waals surface area contributed by atoms with Crippen molar-refractivity contribution < 1.29 is 13.9 Å². The Bertz CT molecular complexity index is 947. The molecule has 4 rings (SSSR count). The molecule has 0 bridgehead atoms. The van der Waals surface area contributed by atoms with Gasteiger partial charge in [0.05, 0.1) is 24.7 Å². The van der Waals surface area contributed by atoms with Crippen molar-refractivity contribution in [3.05, 3.63) is 47.9 Å². The Kier molecular flexibility index (Phi) is 4.91. The summed E-state index contributed by atoms with van der Waals surface area (Å²) in [6, 6.07) is 11.2. The average Bonchev–Trinajstić information content (AvgIpc) is 3.20. The van der Waals surface area contributed by atoms with E-state index in [-0.39, 0.29) is 5.76 Å². The van der Waals surface area contributed by atoms with Crippen LogP contribution in [0.4, 0.5) is 11.6 Å². The summed E-state index contributed by atoms with van der Waals surface area (Å²) >= 11 is 0. The van der Waals surface area contributed by atoms with Gasteiger partial charge < -0.3 is 19.4 Å². The van der Waals surface area contributed by atoms with Crippen LogP contribution in [0, 0.1) is 0 Å². The lowest BCUT2D eigenvalue weighted by atomic mass is 10.1. The van der Waals surface area contributed by atoms with Crippen LogP contribution in [0.25, 0.3) is 11.0 Å². The van der Waals surface area contributed by atoms with Gasteiger partial charge >= 0.3 is 5.97 Å². The monoisotopic (exact) mass is 366 g/mol. The molecule has 1 N–H and O–H groups in total. The van der Waals surface area contributed by atoms with Crippen molar-refractivity contribution in [1.29, 1.82) is 0 Å². The van der Waals surface area contributed by atoms with E-state index >= 15 is 0 Å². The number of nitrogens with zero attached hydrogens (tertiary/aromatic N) is 3. The number of ether oxygens (including phenoxy) is 1. The lowest BCUT2D eigenvalue weighted by Crippen LogP contribution is -2.31. The lowest BCUT2D eigenvalue weighted by molar-refractivity contribution is 0.0563. The number of hydrogen-bond donors (Lipinski definition) is 1. The highest BCUT2D eigenvalue weighted by molar-refractivity contribution is 5.86. The Balaban J connectivity index is 1.60. The van der Waals surface area contributed by atoms with Gasteiger partial charge in [0, 0.05) is 13.1 Å². The van der Waals surface area contributed by atoms with Crippen LogP contribution in [0.5, 0.6) is 0 Å². The molecule has 0 saturated carbocycles. The number of esters is 1. The normalized spacial score (nSPS) is 14.3. The molecule has 27 heavy (non-hydrogen) atoms. The summed E-state index contributed by atoms with van der Waals surface area (Å²) in [5.41, 5.74) is 1.73. The fourth-order valence-electron chi connectivity index (χ4n) is 3.29. The van der Waals surface area contributed by atoms with Gasteiger partial charge in [0.2, 0.25) is 5.76 Å². The van der Waals surface area contributed by atoms with E-state index in [0.717, 1.165) is 48.6 Å². The standard InChI is InChI=1S/C20H22N4O3/c1-26-20(25)17-10-9-14(27-17)13-21-18-19(24-11-5-2-6-12-24)23-16-8-4-3-7-15(16)22-18/h3-4,7-10H,2,5-6,11-13H2,1H3,(H,21,22). The van der Waals surface area contributed by atoms with Crippen LogP contribution in [0.2, 0.25) is 0 Å². The van der Waals surface area contributed by atoms with Crippen molar-refractivity contribution in [2.45, 2.75) is 25.8 Å². The zero-order valence-corrected chi connectivity index (χ0v) is 15.3. The second kappa shape index (κ2) is 7.65. The van der Waals surface area contributed by atoms with E-state index < -0.39 is 5.97 Å². The molecule has 3 heterocycles. The number of piperidine rings is 1. The molecule has 7 nitrogen and oxygen atoms in total. The maximum atomic E-state index is 11.5. The van der Waals surface area contributed by atoms with Gasteiger partial charge in [-0.05, 0) is 43.5 Å². The van der Waals surface area contributed by atoms with E-state index in [1.807, 2.05) is 24.3 Å². The van der Waals surface area contributed by atoms with Gasteiger partial charge in [0.15, 0.2) is 11.6 Å². The van der Waals surface area contributed by atoms with E-state index in [1.54, 1.807) is 12.1 Å². The molecule has 7 heteroatoms. The second-order valence-electron chi connectivity index (χ2n) is 6.54. The van der Waals surface area contributed by atoms with Crippen molar-refractivity contribution in [2.75, 3.05) is 30.4 Å². The van der Waals surface area contributed by atoms with Crippen molar-refractivity contribution in [3.63, 3.8) is 0 Å². The van der Waals surface area contributed by atoms with Crippen molar-refractivity contribution >= 4 is 28.6 Å². The number of fused-ring (bicyclic) bond motifs is 1. The molecule has 1 fully saturated rings. The molecule has 0 amide bonds. The number of carbonyl (C=O) groups excluding carboxylic acids is 1. The number of benzene rings is 1. The highest BCUT2D eigenvalue weighted by Crippen LogP contribution is 2.28. The summed E-state index contributed by atoms with van der Waals surface area (Å²) < 4.78 is 10.2. The fourth-order valence-corrected chi connectivity index (χ4v) is 3.29. The summed E-state index contributed by atoms with van der Waals surface area (Å²) in [7, 11) is 1.33. The quantitative estimate of drug-likeness (QED) is 0.691. The Hall–Kier alpha value is -3.09. The number of carbonyl (C=O) groups is 1. The number of aromatic nitrogens is 2. The SMILES string of the molecule is COC(=O)c1ccc(CNc2nc3ccccc3nc2N2CCCCC2)o1. The molecule has 0 aliphatic carbocycles. The number of furan rings is 1. The van der Waals surface area contributed by atoms with E-state index in [2.05, 4.69) is 15.0 Å². The summed E-state index contributed by atoms with van der Waals surface area (Å²) in [5, 5.41) is 3.33. The first kappa shape index (κ1) is 17.3. The van der Waals surface area contributed by atoms with Crippen molar-refractivity contribution in [2.24, 2.45) is 0 Å². The van der Waals surface area contributed by atoms with Crippen molar-refractivity contribution in [3.8, 4) is 0 Å². The lowest BCUT2D eigenvalue weighted by Gasteiger charge is -2.29. The van der Waals surface area contributed by atoms with Gasteiger partial charge in [-0.2, -0.15) is 0 Å². The third kappa shape index (κ3) is 3.72. The van der Waals surface area contributed by atoms with Gasteiger partial charge in [0.25, 0.3) is 0 Å². The minimum absolute atomic E-state index is 0.190. The van der Waals surface area contributed by atoms with Crippen LogP contribution in [0.15, 0.2) is 40.8 Å². The third-order valence-corrected chi connectivity index (χ3v) is 4.69. The Morgan fingerprint density at radius 3 is 2.59 bits per heavy atom. The molecule has 0 atom stereocenters. The minimum Gasteiger partial charge on any atom is -0.463 e. The molecular weight excluding hydrogens is 344 g/mol. The molecule has 140 valence electrons. The van der Waals surface area contributed by atoms with Gasteiger partial charge in [0.1, 0.15) is 5.76 Å². The number of para-hydroxylation sites is 2. The molecule has 0 radical (unpaired) electrons. The molecule has 1 aliphatic heterocycles. The summed E-state index contributed by atoms with van der Waals surface area (Å²) in [6.45, 7) is 2.37. The first-order valence-corrected chi connectivity index (χ1v) is 9.17. The zero-order chi connectivity index (χ0) is 18.6. The van der Waals surface area contributed by atoms with E-state index in [0.29, 0.717) is 12.3 Å². The third-order valence-electron chi connectivity index (χ3n) is 4.69. The van der Waals surface area contributed by atoms with E-state index in [9.17, 15) is 4.79 Å². The van der Waals surface area contributed by atoms with Crippen LogP contribution in [-0.4, -0.2) is 36.1 Å². The van der Waals surface area contributed by atoms with Crippen LogP contribution >= 0.6 is 0 Å². The molecule has 1 aromatic carbocycles. The Morgan fingerprint density at radius 2 is 1.85 bits per heavy atom. The van der Waals surface area contributed by atoms with Crippen LogP contribution in [0.3, 0.4) is 0 Å². The van der Waals surface area contributed by atoms with Crippen LogP contribution in [0.1, 0.15) is 35.6 Å². The van der Waals surface area contributed by atoms with Gasteiger partial charge in [-0.25, -0.2) is 14.8 Å². The fraction of sp³-hybridized carbons (Fsp3) is 0.350. The highest BCUT2D eigenvalue weighted by Gasteiger charge is 2.19. The Labute approximate surface area is 157 Å². The van der Waals surface area contributed by atoms with Crippen molar-refractivity contribution in [1.82, 2.24) is 9.97 Å². The molecule has 1 aliphatic rings. The number of methoxy groups -OCH3 is 1. The van der Waals surface area contributed by atoms with E-state index in [4.69, 9.17) is 14.4 Å². The predicted molar refractivity (Wildman–Crippen MR) is 103 cm³/mol. The first-order valence-electron chi connectivity index (χ1n) is 9.17. The second-order valence-corrected chi connectivity index (χ2v) is 6.54. The number of anilines is 2. The highest BCUT2D eigenvalue weighted by atomic mass is 16.5. The molecule has 3 aromatic rings. The van der Waals surface area contributed by atoms with Gasteiger partial charge in [-0.3, -0.25) is 0 Å². The molecular formula is C20H22N4O3. The largest absolute Gasteiger partial charge is 0.463 e. The molecule has 0 unspecified atom stereocenters. The number of nitrogens with one attached hydrogen (secondary N) is 1. The minimum atomic E-state index is -0.485. The van der Waals surface area contributed by atoms with Gasteiger partial charge in [-0.1, -0.05) is 12.1 Å². The topological polar surface area (TPSA) is 80.5 Å². The summed E-state index contributed by atoms with van der Waals surface area (Å²) in [6.07, 6.45) is 3.58. The molecule has 1 saturated heterocycles.